The first-order valence-corrected chi connectivity index (χ1v) is 12.2. The van der Waals surface area contributed by atoms with Crippen molar-refractivity contribution in [3.63, 3.8) is 0 Å². The van der Waals surface area contributed by atoms with E-state index in [9.17, 15) is 4.91 Å². The maximum absolute atomic E-state index is 12.4. The Bertz CT molecular complexity index is 761. The molecule has 174 valence electrons. The minimum absolute atomic E-state index is 0.0479. The van der Waals surface area contributed by atoms with Gasteiger partial charge in [0.15, 0.2) is 5.54 Å². The van der Waals surface area contributed by atoms with Crippen LogP contribution in [0.1, 0.15) is 81.1 Å². The predicted octanol–water partition coefficient (Wildman–Crippen LogP) is 3.32. The molecule has 3 fully saturated rings. The maximum Gasteiger partial charge on any atom is 0.457 e. The average molecular weight is 433 g/mol. The van der Waals surface area contributed by atoms with Crippen LogP contribution in [-0.4, -0.2) is 64.5 Å². The van der Waals surface area contributed by atoms with E-state index in [-0.39, 0.29) is 35.4 Å². The van der Waals surface area contributed by atoms with E-state index >= 15 is 0 Å². The lowest BCUT2D eigenvalue weighted by atomic mass is 9.74. The van der Waals surface area contributed by atoms with Gasteiger partial charge in [0.05, 0.1) is 23.3 Å². The first kappa shape index (κ1) is 23.2. The van der Waals surface area contributed by atoms with Crippen LogP contribution in [0.25, 0.3) is 0 Å². The van der Waals surface area contributed by atoms with E-state index in [1.165, 1.54) is 5.84 Å². The van der Waals surface area contributed by atoms with Crippen molar-refractivity contribution in [1.29, 1.82) is 0 Å². The number of nitrogens with zero attached hydrogens (tertiary/aromatic N) is 2. The van der Waals surface area contributed by atoms with E-state index in [0.717, 1.165) is 45.1 Å². The molecule has 0 amide bonds. The minimum Gasteiger partial charge on any atom is -0.403 e. The molecule has 0 aromatic heterocycles. The van der Waals surface area contributed by atoms with Gasteiger partial charge < -0.3 is 14.6 Å². The number of likely N-dealkylation sites (N-methyl/N-ethyl adjacent to an activating group) is 1. The molecule has 3 aliphatic heterocycles. The van der Waals surface area contributed by atoms with Gasteiger partial charge in [0, 0.05) is 12.0 Å². The third-order valence-electron chi connectivity index (χ3n) is 8.52. The second-order valence-corrected chi connectivity index (χ2v) is 12.1. The summed E-state index contributed by atoms with van der Waals surface area (Å²) in [6, 6.07) is 0.167. The Kier molecular flexibility index (Phi) is 5.43. The van der Waals surface area contributed by atoms with Crippen molar-refractivity contribution in [1.82, 2.24) is 10.6 Å². The highest BCUT2D eigenvalue weighted by atomic mass is 16.7. The van der Waals surface area contributed by atoms with E-state index in [1.54, 1.807) is 0 Å². The van der Waals surface area contributed by atoms with Gasteiger partial charge >= 0.3 is 7.12 Å². The van der Waals surface area contributed by atoms with E-state index < -0.39 is 5.54 Å². The Morgan fingerprint density at radius 3 is 2.42 bits per heavy atom. The zero-order valence-electron chi connectivity index (χ0n) is 20.8. The lowest BCUT2D eigenvalue weighted by Gasteiger charge is -2.32. The largest absolute Gasteiger partial charge is 0.457 e. The molecule has 31 heavy (non-hydrogen) atoms. The number of hydrogen-bond acceptors (Lipinski definition) is 6. The summed E-state index contributed by atoms with van der Waals surface area (Å²) in [4.78, 5) is 12.4. The van der Waals surface area contributed by atoms with Crippen molar-refractivity contribution in [3.05, 3.63) is 4.91 Å². The minimum atomic E-state index is -0.564. The zero-order valence-corrected chi connectivity index (χ0v) is 20.8. The van der Waals surface area contributed by atoms with E-state index in [0.29, 0.717) is 5.92 Å². The quantitative estimate of drug-likeness (QED) is 0.382. The molecule has 1 saturated carbocycles. The maximum atomic E-state index is 12.4. The molecular formula is C23H42BN4O3+. The van der Waals surface area contributed by atoms with Crippen LogP contribution in [0.3, 0.4) is 0 Å². The lowest BCUT2D eigenvalue weighted by Crippen LogP contribution is -2.56. The molecular weight excluding hydrogens is 391 g/mol. The number of amidine groups is 1. The van der Waals surface area contributed by atoms with Crippen LogP contribution in [0.4, 0.5) is 0 Å². The second-order valence-electron chi connectivity index (χ2n) is 12.1. The Morgan fingerprint density at radius 2 is 1.87 bits per heavy atom. The van der Waals surface area contributed by atoms with Gasteiger partial charge in [-0.05, 0) is 87.5 Å². The molecule has 3 heterocycles. The topological polar surface area (TPSA) is 75.0 Å². The summed E-state index contributed by atoms with van der Waals surface area (Å²) in [7, 11) is -0.157. The molecule has 4 atom stereocenters. The summed E-state index contributed by atoms with van der Waals surface area (Å²) in [5, 5.41) is 11.2. The summed E-state index contributed by atoms with van der Waals surface area (Å²) >= 11 is 0. The summed E-state index contributed by atoms with van der Waals surface area (Å²) in [5.74, 6) is 1.63. The van der Waals surface area contributed by atoms with Crippen molar-refractivity contribution in [2.45, 2.75) is 121 Å². The molecule has 0 aromatic rings. The van der Waals surface area contributed by atoms with Crippen molar-refractivity contribution in [2.75, 3.05) is 13.1 Å². The molecule has 4 rings (SSSR count). The fourth-order valence-electron chi connectivity index (χ4n) is 6.53. The standard InChI is InChI=1S/C23H41BN4O3/c1-9-28-18(26-19(2,3)4)23(28)16(15-17-22(23,27-29)12-14-25-17)11-10-13-24-30-20(5,6)21(7,8)31-24/h16-17,25H,9-15H2,1-8H3/p+1/t16-,17?,22+,23?,28?/m1/s1. The summed E-state index contributed by atoms with van der Waals surface area (Å²) < 4.78 is 14.9. The fraction of sp³-hybridized carbons (Fsp3) is 0.957. The first-order valence-electron chi connectivity index (χ1n) is 12.2. The van der Waals surface area contributed by atoms with Gasteiger partial charge in [-0.15, -0.1) is 4.91 Å². The van der Waals surface area contributed by atoms with Crippen molar-refractivity contribution in [3.8, 4) is 0 Å². The highest BCUT2D eigenvalue weighted by Crippen LogP contribution is 2.59. The second kappa shape index (κ2) is 7.26. The monoisotopic (exact) mass is 433 g/mol. The predicted molar refractivity (Wildman–Crippen MR) is 125 cm³/mol. The molecule has 1 aliphatic carbocycles. The molecule has 1 spiro atoms. The number of nitroso groups, excluding NO2 is 1. The Balaban J connectivity index is 1.51. The van der Waals surface area contributed by atoms with Gasteiger partial charge in [-0.3, -0.25) is 5.32 Å². The van der Waals surface area contributed by atoms with Crippen molar-refractivity contribution in [2.24, 2.45) is 11.1 Å². The molecule has 4 aliphatic rings. The Labute approximate surface area is 188 Å². The van der Waals surface area contributed by atoms with E-state index in [4.69, 9.17) is 9.31 Å². The van der Waals surface area contributed by atoms with Crippen LogP contribution < -0.4 is 10.6 Å². The third-order valence-corrected chi connectivity index (χ3v) is 8.52. The molecule has 0 radical (unpaired) electrons. The van der Waals surface area contributed by atoms with Gasteiger partial charge in [-0.25, -0.2) is 4.58 Å². The Morgan fingerprint density at radius 1 is 1.23 bits per heavy atom. The van der Waals surface area contributed by atoms with Gasteiger partial charge in [-0.2, -0.15) is 0 Å². The number of nitrogens with one attached hydrogen (secondary N) is 2. The molecule has 2 unspecified atom stereocenters. The fourth-order valence-corrected chi connectivity index (χ4v) is 6.53. The molecule has 7 nitrogen and oxygen atoms in total. The molecule has 2 N–H and O–H groups in total. The van der Waals surface area contributed by atoms with E-state index in [1.807, 2.05) is 0 Å². The Hall–Kier alpha value is -0.985. The first-order chi connectivity index (χ1) is 14.3. The number of hydrogen-bond donors (Lipinski definition) is 2. The normalized spacial score (nSPS) is 38.1. The van der Waals surface area contributed by atoms with Crippen molar-refractivity contribution < 1.29 is 13.9 Å². The van der Waals surface area contributed by atoms with Gasteiger partial charge in [0.25, 0.3) is 5.84 Å². The van der Waals surface area contributed by atoms with Crippen LogP contribution >= 0.6 is 0 Å². The number of rotatable bonds is 6. The van der Waals surface area contributed by atoms with Gasteiger partial charge in [-0.1, -0.05) is 11.6 Å². The summed E-state index contributed by atoms with van der Waals surface area (Å²) in [6.45, 7) is 18.9. The van der Waals surface area contributed by atoms with E-state index in [2.05, 4.69) is 75.8 Å². The molecule has 2 saturated heterocycles. The number of fused-ring (bicyclic) bond motifs is 2. The van der Waals surface area contributed by atoms with Crippen LogP contribution in [0, 0.1) is 10.8 Å². The smallest absolute Gasteiger partial charge is 0.403 e. The lowest BCUT2D eigenvalue weighted by molar-refractivity contribution is -0.517. The highest BCUT2D eigenvalue weighted by molar-refractivity contribution is 6.45. The van der Waals surface area contributed by atoms with Crippen LogP contribution in [0.2, 0.25) is 6.32 Å². The summed E-state index contributed by atoms with van der Waals surface area (Å²) in [5.41, 5.74) is -1.45. The van der Waals surface area contributed by atoms with Gasteiger partial charge in [0.2, 0.25) is 5.54 Å². The van der Waals surface area contributed by atoms with Gasteiger partial charge in [0.1, 0.15) is 0 Å². The zero-order chi connectivity index (χ0) is 22.9. The highest BCUT2D eigenvalue weighted by Gasteiger charge is 2.84. The van der Waals surface area contributed by atoms with Crippen LogP contribution in [-0.2, 0) is 9.31 Å². The molecule has 0 aromatic carbocycles. The van der Waals surface area contributed by atoms with Crippen LogP contribution in [0.15, 0.2) is 5.18 Å². The summed E-state index contributed by atoms with van der Waals surface area (Å²) in [6.07, 6.45) is 4.77. The van der Waals surface area contributed by atoms with Crippen molar-refractivity contribution >= 4 is 13.0 Å². The third kappa shape index (κ3) is 3.31. The van der Waals surface area contributed by atoms with Crippen LogP contribution in [0.5, 0.6) is 0 Å². The molecule has 8 heteroatoms. The SMILES string of the molecule is CC[N+]1=C(NC(C)(C)C)C12[C@H](CCCB1OC(C)(C)C(C)(C)O1)CC1NCC[C@]12N=O. The molecule has 0 bridgehead atoms. The average Bonchev–Trinajstić information content (AvgIpc) is 2.87.